The van der Waals surface area contributed by atoms with Gasteiger partial charge in [0, 0.05) is 13.1 Å². The molecule has 0 aliphatic rings. The first kappa shape index (κ1) is 22.3. The van der Waals surface area contributed by atoms with E-state index in [2.05, 4.69) is 10.6 Å². The normalized spacial score (nSPS) is 10.9. The van der Waals surface area contributed by atoms with Crippen LogP contribution < -0.4 is 20.1 Å². The van der Waals surface area contributed by atoms with E-state index in [0.29, 0.717) is 24.6 Å². The van der Waals surface area contributed by atoms with Crippen molar-refractivity contribution in [1.82, 2.24) is 10.6 Å². The molecule has 0 aliphatic carbocycles. The zero-order chi connectivity index (χ0) is 21.3. The Labute approximate surface area is 172 Å². The Morgan fingerprint density at radius 1 is 0.793 bits per heavy atom. The van der Waals surface area contributed by atoms with Crippen LogP contribution >= 0.6 is 0 Å². The number of carbonyl (C=O) groups excluding carboxylic acids is 2. The van der Waals surface area contributed by atoms with E-state index >= 15 is 0 Å². The van der Waals surface area contributed by atoms with Crippen molar-refractivity contribution in [3.8, 4) is 11.5 Å². The van der Waals surface area contributed by atoms with Gasteiger partial charge >= 0.3 is 0 Å². The molecular weight excluding hydrogens is 368 g/mol. The minimum absolute atomic E-state index is 0.0454. The number of hydrogen-bond acceptors (Lipinski definition) is 4. The van der Waals surface area contributed by atoms with Crippen molar-refractivity contribution in [1.29, 1.82) is 0 Å². The van der Waals surface area contributed by atoms with Gasteiger partial charge in [0.2, 0.25) is 0 Å². The summed E-state index contributed by atoms with van der Waals surface area (Å²) in [6.07, 6.45) is 0. The van der Waals surface area contributed by atoms with Gasteiger partial charge < -0.3 is 20.1 Å². The molecule has 0 atom stereocenters. The van der Waals surface area contributed by atoms with E-state index in [1.54, 1.807) is 0 Å². The third-order valence-electron chi connectivity index (χ3n) is 4.25. The highest BCUT2D eigenvalue weighted by Crippen LogP contribution is 2.14. The number of hydrogen-bond donors (Lipinski definition) is 2. The van der Waals surface area contributed by atoms with Crippen LogP contribution in [-0.2, 0) is 9.59 Å². The molecule has 156 valence electrons. The van der Waals surface area contributed by atoms with Crippen LogP contribution in [0, 0.1) is 19.3 Å². The van der Waals surface area contributed by atoms with Gasteiger partial charge in [-0.1, -0.05) is 38.1 Å². The number of ether oxygens (including phenoxy) is 2. The lowest BCUT2D eigenvalue weighted by Crippen LogP contribution is -2.44. The summed E-state index contributed by atoms with van der Waals surface area (Å²) in [6.45, 7) is 8.62. The minimum Gasteiger partial charge on any atom is -0.484 e. The molecule has 0 unspecified atom stereocenters. The molecule has 0 bridgehead atoms. The molecule has 0 spiro atoms. The number of benzene rings is 2. The highest BCUT2D eigenvalue weighted by Gasteiger charge is 2.20. The SMILES string of the molecule is Cc1cccc(OCC(=O)NCC(C)(C)CNC(=O)COc2cccc(C)c2)c1. The quantitative estimate of drug-likeness (QED) is 0.645. The second-order valence-electron chi connectivity index (χ2n) is 7.93. The van der Waals surface area contributed by atoms with Gasteiger partial charge in [0.15, 0.2) is 13.2 Å². The summed E-state index contributed by atoms with van der Waals surface area (Å²) in [4.78, 5) is 24.1. The molecule has 0 heterocycles. The monoisotopic (exact) mass is 398 g/mol. The van der Waals surface area contributed by atoms with E-state index in [4.69, 9.17) is 9.47 Å². The largest absolute Gasteiger partial charge is 0.484 e. The lowest BCUT2D eigenvalue weighted by molar-refractivity contribution is -0.123. The van der Waals surface area contributed by atoms with Crippen molar-refractivity contribution in [2.45, 2.75) is 27.7 Å². The summed E-state index contributed by atoms with van der Waals surface area (Å²) in [7, 11) is 0. The van der Waals surface area contributed by atoms with E-state index in [9.17, 15) is 9.59 Å². The fourth-order valence-electron chi connectivity index (χ4n) is 2.55. The fourth-order valence-corrected chi connectivity index (χ4v) is 2.55. The zero-order valence-electron chi connectivity index (χ0n) is 17.6. The number of amides is 2. The molecular formula is C23H30N2O4. The van der Waals surface area contributed by atoms with Gasteiger partial charge in [-0.3, -0.25) is 9.59 Å². The van der Waals surface area contributed by atoms with E-state index in [1.807, 2.05) is 76.2 Å². The van der Waals surface area contributed by atoms with Crippen molar-refractivity contribution in [3.05, 3.63) is 59.7 Å². The summed E-state index contributed by atoms with van der Waals surface area (Å²) < 4.78 is 11.0. The maximum Gasteiger partial charge on any atom is 0.257 e. The van der Waals surface area contributed by atoms with Crippen LogP contribution in [0.4, 0.5) is 0 Å². The topological polar surface area (TPSA) is 76.7 Å². The van der Waals surface area contributed by atoms with Crippen molar-refractivity contribution in [2.24, 2.45) is 5.41 Å². The average molecular weight is 399 g/mol. The minimum atomic E-state index is -0.308. The lowest BCUT2D eigenvalue weighted by atomic mass is 9.93. The molecule has 0 saturated carbocycles. The van der Waals surface area contributed by atoms with Gasteiger partial charge in [0.05, 0.1) is 0 Å². The fraction of sp³-hybridized carbons (Fsp3) is 0.391. The molecule has 0 radical (unpaired) electrons. The second-order valence-corrected chi connectivity index (χ2v) is 7.93. The third-order valence-corrected chi connectivity index (χ3v) is 4.25. The van der Waals surface area contributed by atoms with Crippen molar-refractivity contribution >= 4 is 11.8 Å². The summed E-state index contributed by atoms with van der Waals surface area (Å²) in [5.41, 5.74) is 1.84. The van der Waals surface area contributed by atoms with Crippen molar-refractivity contribution in [3.63, 3.8) is 0 Å². The predicted octanol–water partition coefficient (Wildman–Crippen LogP) is 3.02. The van der Waals surface area contributed by atoms with Gasteiger partial charge in [-0.05, 0) is 54.7 Å². The van der Waals surface area contributed by atoms with Crippen LogP contribution in [0.1, 0.15) is 25.0 Å². The molecule has 0 aliphatic heterocycles. The van der Waals surface area contributed by atoms with Crippen LogP contribution in [0.5, 0.6) is 11.5 Å². The molecule has 2 N–H and O–H groups in total. The molecule has 6 nitrogen and oxygen atoms in total. The van der Waals surface area contributed by atoms with Crippen molar-refractivity contribution < 1.29 is 19.1 Å². The van der Waals surface area contributed by atoms with Crippen molar-refractivity contribution in [2.75, 3.05) is 26.3 Å². The zero-order valence-corrected chi connectivity index (χ0v) is 17.6. The standard InChI is InChI=1S/C23H30N2O4/c1-17-7-5-9-19(11-17)28-13-21(26)24-15-23(3,4)16-25-22(27)14-29-20-10-6-8-18(2)12-20/h5-12H,13-16H2,1-4H3,(H,24,26)(H,25,27). The van der Waals surface area contributed by atoms with E-state index < -0.39 is 0 Å². The first-order valence-electron chi connectivity index (χ1n) is 9.66. The Morgan fingerprint density at radius 2 is 1.21 bits per heavy atom. The highest BCUT2D eigenvalue weighted by molar-refractivity contribution is 5.78. The summed E-state index contributed by atoms with van der Waals surface area (Å²) in [5, 5.41) is 5.70. The van der Waals surface area contributed by atoms with Crippen LogP contribution in [-0.4, -0.2) is 38.1 Å². The smallest absolute Gasteiger partial charge is 0.257 e. The van der Waals surface area contributed by atoms with Crippen LogP contribution in [0.15, 0.2) is 48.5 Å². The van der Waals surface area contributed by atoms with E-state index in [0.717, 1.165) is 11.1 Å². The van der Waals surface area contributed by atoms with E-state index in [1.165, 1.54) is 0 Å². The first-order valence-corrected chi connectivity index (χ1v) is 9.66. The Balaban J connectivity index is 1.66. The van der Waals surface area contributed by atoms with Crippen LogP contribution in [0.25, 0.3) is 0 Å². The number of rotatable bonds is 10. The molecule has 0 saturated heterocycles. The van der Waals surface area contributed by atoms with Gasteiger partial charge in [0.25, 0.3) is 11.8 Å². The number of nitrogens with one attached hydrogen (secondary N) is 2. The van der Waals surface area contributed by atoms with Gasteiger partial charge in [-0.15, -0.1) is 0 Å². The van der Waals surface area contributed by atoms with Gasteiger partial charge in [-0.25, -0.2) is 0 Å². The first-order chi connectivity index (χ1) is 13.7. The molecule has 0 aromatic heterocycles. The third kappa shape index (κ3) is 8.68. The molecule has 2 amide bonds. The molecule has 6 heteroatoms. The Hall–Kier alpha value is -3.02. The average Bonchev–Trinajstić information content (AvgIpc) is 2.68. The molecule has 2 aromatic carbocycles. The molecule has 0 fully saturated rings. The van der Waals surface area contributed by atoms with Gasteiger partial charge in [0.1, 0.15) is 11.5 Å². The lowest BCUT2D eigenvalue weighted by Gasteiger charge is -2.25. The highest BCUT2D eigenvalue weighted by atomic mass is 16.5. The second kappa shape index (κ2) is 10.5. The summed E-state index contributed by atoms with van der Waals surface area (Å²) >= 11 is 0. The maximum absolute atomic E-state index is 12.0. The molecule has 29 heavy (non-hydrogen) atoms. The van der Waals surface area contributed by atoms with Crippen LogP contribution in [0.3, 0.4) is 0 Å². The van der Waals surface area contributed by atoms with Gasteiger partial charge in [-0.2, -0.15) is 0 Å². The van der Waals surface area contributed by atoms with Crippen LogP contribution in [0.2, 0.25) is 0 Å². The predicted molar refractivity (Wildman–Crippen MR) is 113 cm³/mol. The molecule has 2 aromatic rings. The Kier molecular flexibility index (Phi) is 8.07. The summed E-state index contributed by atoms with van der Waals surface area (Å²) in [6, 6.07) is 15.1. The summed E-state index contributed by atoms with van der Waals surface area (Å²) in [5.74, 6) is 0.933. The number of aryl methyl sites for hydroxylation is 2. The maximum atomic E-state index is 12.0. The van der Waals surface area contributed by atoms with E-state index in [-0.39, 0.29) is 30.4 Å². The Morgan fingerprint density at radius 3 is 1.59 bits per heavy atom. The Bertz CT molecular complexity index is 766. The number of carbonyl (C=O) groups is 2. The molecule has 2 rings (SSSR count).